The predicted molar refractivity (Wildman–Crippen MR) is 110 cm³/mol. The molecule has 2 amide bonds. The van der Waals surface area contributed by atoms with E-state index in [0.29, 0.717) is 12.8 Å². The number of rotatable bonds is 10. The molecule has 1 rings (SSSR count). The maximum Gasteiger partial charge on any atom is 0.408 e. The number of hydrogen-bond donors (Lipinski definition) is 2. The van der Waals surface area contributed by atoms with Crippen molar-refractivity contribution in [3.05, 3.63) is 0 Å². The van der Waals surface area contributed by atoms with Gasteiger partial charge in [-0.1, -0.05) is 32.6 Å². The molecule has 1 saturated heterocycles. The van der Waals surface area contributed by atoms with Gasteiger partial charge >= 0.3 is 18.0 Å². The van der Waals surface area contributed by atoms with Crippen molar-refractivity contribution in [3.8, 4) is 0 Å². The number of amides is 2. The summed E-state index contributed by atoms with van der Waals surface area (Å²) in [6, 6.07) is -1.13. The van der Waals surface area contributed by atoms with Crippen LogP contribution in [-0.2, 0) is 28.6 Å². The van der Waals surface area contributed by atoms with Gasteiger partial charge in [-0.15, -0.1) is 0 Å². The van der Waals surface area contributed by atoms with Crippen LogP contribution in [0.15, 0.2) is 0 Å². The van der Waals surface area contributed by atoms with E-state index in [-0.39, 0.29) is 13.2 Å². The van der Waals surface area contributed by atoms with Gasteiger partial charge in [0.15, 0.2) is 0 Å². The normalized spacial score (nSPS) is 20.3. The second-order valence-electron chi connectivity index (χ2n) is 8.32. The first-order valence-electron chi connectivity index (χ1n) is 10.7. The first kappa shape index (κ1) is 25.7. The van der Waals surface area contributed by atoms with Crippen LogP contribution in [-0.4, -0.2) is 54.3 Å². The number of carbonyl (C=O) groups is 4. The molecule has 0 aromatic heterocycles. The van der Waals surface area contributed by atoms with Crippen LogP contribution >= 0.6 is 0 Å². The van der Waals surface area contributed by atoms with Crippen LogP contribution in [0.1, 0.15) is 73.6 Å². The van der Waals surface area contributed by atoms with Crippen molar-refractivity contribution < 1.29 is 33.4 Å². The molecule has 0 aromatic rings. The molecule has 1 fully saturated rings. The van der Waals surface area contributed by atoms with Gasteiger partial charge < -0.3 is 24.8 Å². The molecule has 0 aromatic carbocycles. The Kier molecular flexibility index (Phi) is 9.58. The largest absolute Gasteiger partial charge is 0.464 e. The third-order valence-electron chi connectivity index (χ3n) is 4.80. The van der Waals surface area contributed by atoms with Gasteiger partial charge in [-0.2, -0.15) is 0 Å². The minimum absolute atomic E-state index is 0.0303. The van der Waals surface area contributed by atoms with E-state index < -0.39 is 47.0 Å². The molecule has 30 heavy (non-hydrogen) atoms. The number of ether oxygens (including phenoxy) is 3. The number of unbranched alkanes of at least 4 members (excludes halogenated alkanes) is 3. The summed E-state index contributed by atoms with van der Waals surface area (Å²) in [5.41, 5.74) is -2.77. The zero-order valence-electron chi connectivity index (χ0n) is 19.0. The first-order valence-corrected chi connectivity index (χ1v) is 10.7. The van der Waals surface area contributed by atoms with Gasteiger partial charge in [-0.25, -0.2) is 14.4 Å². The van der Waals surface area contributed by atoms with Crippen LogP contribution < -0.4 is 10.6 Å². The quantitative estimate of drug-likeness (QED) is 0.237. The fraction of sp³-hybridized carbons (Fsp3) is 0.810. The number of hydrogen-bond acceptors (Lipinski definition) is 7. The lowest BCUT2D eigenvalue weighted by molar-refractivity contribution is -0.169. The Labute approximate surface area is 178 Å². The molecule has 0 radical (unpaired) electrons. The highest BCUT2D eigenvalue weighted by atomic mass is 16.6. The maximum atomic E-state index is 12.9. The van der Waals surface area contributed by atoms with E-state index in [1.54, 1.807) is 34.6 Å². The molecule has 0 spiro atoms. The highest BCUT2D eigenvalue weighted by Gasteiger charge is 2.64. The Morgan fingerprint density at radius 1 is 1.00 bits per heavy atom. The average molecular weight is 429 g/mol. The minimum atomic E-state index is -2.00. The van der Waals surface area contributed by atoms with Crippen molar-refractivity contribution in [3.63, 3.8) is 0 Å². The molecule has 0 bridgehead atoms. The van der Waals surface area contributed by atoms with Crippen molar-refractivity contribution >= 4 is 23.9 Å². The van der Waals surface area contributed by atoms with E-state index in [1.165, 1.54) is 0 Å². The fourth-order valence-corrected chi connectivity index (χ4v) is 3.55. The van der Waals surface area contributed by atoms with Crippen LogP contribution in [0.4, 0.5) is 4.79 Å². The highest BCUT2D eigenvalue weighted by Crippen LogP contribution is 2.35. The van der Waals surface area contributed by atoms with Gasteiger partial charge in [-0.3, -0.25) is 4.79 Å². The first-order chi connectivity index (χ1) is 14.0. The number of nitrogens with one attached hydrogen (secondary N) is 2. The summed E-state index contributed by atoms with van der Waals surface area (Å²) in [5, 5.41) is 5.02. The Hall–Kier alpha value is -2.32. The molecule has 9 nitrogen and oxygen atoms in total. The topological polar surface area (TPSA) is 120 Å². The summed E-state index contributed by atoms with van der Waals surface area (Å²) < 4.78 is 15.5. The monoisotopic (exact) mass is 428 g/mol. The zero-order chi connectivity index (χ0) is 22.9. The zero-order valence-corrected chi connectivity index (χ0v) is 19.0. The van der Waals surface area contributed by atoms with Crippen molar-refractivity contribution in [2.45, 2.75) is 90.8 Å². The van der Waals surface area contributed by atoms with Gasteiger partial charge in [0, 0.05) is 5.92 Å². The van der Waals surface area contributed by atoms with Crippen LogP contribution in [0, 0.1) is 5.92 Å². The standard InChI is InChI=1S/C21H36N2O7/c1-7-10-11-12-13-14-15(22-19(27)30-20(4,5)6)16(24)23-21(14,17(25)28-8-2)18(26)29-9-3/h14-15H,7-13H2,1-6H3,(H,22,27)(H,23,24)/t14-,15-/m1/s1. The molecule has 0 saturated carbocycles. The summed E-state index contributed by atoms with van der Waals surface area (Å²) in [5.74, 6) is -3.29. The van der Waals surface area contributed by atoms with E-state index in [1.807, 2.05) is 0 Å². The van der Waals surface area contributed by atoms with Crippen molar-refractivity contribution in [2.75, 3.05) is 13.2 Å². The van der Waals surface area contributed by atoms with Crippen molar-refractivity contribution in [1.82, 2.24) is 10.6 Å². The van der Waals surface area contributed by atoms with Gasteiger partial charge in [0.25, 0.3) is 0 Å². The smallest absolute Gasteiger partial charge is 0.408 e. The molecular weight excluding hydrogens is 392 g/mol. The van der Waals surface area contributed by atoms with E-state index in [4.69, 9.17) is 14.2 Å². The number of carbonyl (C=O) groups excluding carboxylic acids is 4. The lowest BCUT2D eigenvalue weighted by Gasteiger charge is -2.32. The van der Waals surface area contributed by atoms with Crippen LogP contribution in [0.25, 0.3) is 0 Å². The second kappa shape index (κ2) is 11.2. The number of alkyl carbamates (subject to hydrolysis) is 1. The lowest BCUT2D eigenvalue weighted by Crippen LogP contribution is -2.61. The van der Waals surface area contributed by atoms with E-state index in [0.717, 1.165) is 19.3 Å². The van der Waals surface area contributed by atoms with E-state index >= 15 is 0 Å². The van der Waals surface area contributed by atoms with Crippen molar-refractivity contribution in [2.24, 2.45) is 5.92 Å². The molecular formula is C21H36N2O7. The molecule has 2 N–H and O–H groups in total. The van der Waals surface area contributed by atoms with E-state index in [2.05, 4.69) is 17.6 Å². The molecule has 172 valence electrons. The summed E-state index contributed by atoms with van der Waals surface area (Å²) in [4.78, 5) is 51.0. The van der Waals surface area contributed by atoms with E-state index in [9.17, 15) is 19.2 Å². The predicted octanol–water partition coefficient (Wildman–Crippen LogP) is 2.46. The van der Waals surface area contributed by atoms with Crippen LogP contribution in [0.2, 0.25) is 0 Å². The Balaban J connectivity index is 3.28. The van der Waals surface area contributed by atoms with Gasteiger partial charge in [0.05, 0.1) is 13.2 Å². The van der Waals surface area contributed by atoms with Gasteiger partial charge in [-0.05, 0) is 41.0 Å². The molecule has 1 aliphatic rings. The number of esters is 2. The molecule has 9 heteroatoms. The summed E-state index contributed by atoms with van der Waals surface area (Å²) in [7, 11) is 0. The third-order valence-corrected chi connectivity index (χ3v) is 4.80. The Bertz CT molecular complexity index is 609. The summed E-state index contributed by atoms with van der Waals surface area (Å²) >= 11 is 0. The average Bonchev–Trinajstić information content (AvgIpc) is 2.91. The maximum absolute atomic E-state index is 12.9. The summed E-state index contributed by atoms with van der Waals surface area (Å²) in [6.45, 7) is 10.4. The van der Waals surface area contributed by atoms with Crippen LogP contribution in [0.3, 0.4) is 0 Å². The Morgan fingerprint density at radius 3 is 2.03 bits per heavy atom. The van der Waals surface area contributed by atoms with Gasteiger partial charge in [0.2, 0.25) is 11.4 Å². The molecule has 0 unspecified atom stereocenters. The highest BCUT2D eigenvalue weighted by molar-refractivity contribution is 6.12. The van der Waals surface area contributed by atoms with Crippen LogP contribution in [0.5, 0.6) is 0 Å². The lowest BCUT2D eigenvalue weighted by atomic mass is 9.79. The van der Waals surface area contributed by atoms with Crippen molar-refractivity contribution in [1.29, 1.82) is 0 Å². The molecule has 0 aliphatic carbocycles. The second-order valence-corrected chi connectivity index (χ2v) is 8.32. The SMILES string of the molecule is CCCCCC[C@@H]1[C@@H](NC(=O)OC(C)(C)C)C(=O)NC1(C(=O)OCC)C(=O)OCC. The molecule has 1 heterocycles. The fourth-order valence-electron chi connectivity index (χ4n) is 3.55. The molecule has 1 aliphatic heterocycles. The summed E-state index contributed by atoms with van der Waals surface area (Å²) in [6.07, 6.45) is 3.05. The Morgan fingerprint density at radius 2 is 1.57 bits per heavy atom. The third kappa shape index (κ3) is 6.34. The molecule has 2 atom stereocenters. The minimum Gasteiger partial charge on any atom is -0.464 e. The van der Waals surface area contributed by atoms with Gasteiger partial charge in [0.1, 0.15) is 11.6 Å².